The van der Waals surface area contributed by atoms with Crippen LogP contribution in [-0.2, 0) is 0 Å². The Kier molecular flexibility index (Phi) is 3.57. The minimum Gasteiger partial charge on any atom is -0.369 e. The van der Waals surface area contributed by atoms with E-state index >= 15 is 0 Å². The molecule has 1 atom stereocenters. The maximum absolute atomic E-state index is 13.3. The van der Waals surface area contributed by atoms with E-state index in [9.17, 15) is 4.39 Å². The molecule has 0 aliphatic carbocycles. The molecule has 17 heavy (non-hydrogen) atoms. The van der Waals surface area contributed by atoms with Gasteiger partial charge in [0.1, 0.15) is 5.82 Å². The van der Waals surface area contributed by atoms with Crippen LogP contribution in [0, 0.1) is 5.82 Å². The highest BCUT2D eigenvalue weighted by molar-refractivity contribution is 7.99. The third-order valence-corrected chi connectivity index (χ3v) is 3.81. The topological polar surface area (TPSA) is 43.8 Å². The minimum absolute atomic E-state index is 0.215. The standard InChI is InChI=1S/C12H16FN3S/c1-3-17-7-8(2)16-11-6-9(13)4-5-10(11)15-12(16)14/h4-6,8H,3,7H2,1-2H3,(H2,14,15). The van der Waals surface area contributed by atoms with Gasteiger partial charge < -0.3 is 10.3 Å². The van der Waals surface area contributed by atoms with Crippen molar-refractivity contribution in [2.75, 3.05) is 17.2 Å². The molecule has 92 valence electrons. The molecule has 0 bridgehead atoms. The second-order valence-electron chi connectivity index (χ2n) is 3.98. The Bertz CT molecular complexity index is 524. The molecule has 3 nitrogen and oxygen atoms in total. The highest BCUT2D eigenvalue weighted by Crippen LogP contribution is 2.25. The van der Waals surface area contributed by atoms with Gasteiger partial charge in [0.15, 0.2) is 0 Å². The summed E-state index contributed by atoms with van der Waals surface area (Å²) in [6.45, 7) is 4.19. The van der Waals surface area contributed by atoms with Gasteiger partial charge in [-0.1, -0.05) is 6.92 Å². The van der Waals surface area contributed by atoms with Crippen LogP contribution in [0.5, 0.6) is 0 Å². The van der Waals surface area contributed by atoms with E-state index < -0.39 is 0 Å². The molecule has 1 heterocycles. The number of halogens is 1. The molecule has 1 aromatic heterocycles. The number of benzene rings is 1. The summed E-state index contributed by atoms with van der Waals surface area (Å²) in [7, 11) is 0. The molecule has 2 rings (SSSR count). The van der Waals surface area contributed by atoms with E-state index in [2.05, 4.69) is 18.8 Å². The van der Waals surface area contributed by atoms with Gasteiger partial charge in [-0.3, -0.25) is 0 Å². The van der Waals surface area contributed by atoms with Crippen molar-refractivity contribution in [2.24, 2.45) is 0 Å². The number of hydrogen-bond acceptors (Lipinski definition) is 3. The normalized spacial score (nSPS) is 13.1. The fourth-order valence-corrected chi connectivity index (χ4v) is 2.64. The molecule has 0 amide bonds. The summed E-state index contributed by atoms with van der Waals surface area (Å²) in [5.41, 5.74) is 7.41. The van der Waals surface area contributed by atoms with Crippen LogP contribution in [0.2, 0.25) is 0 Å². The van der Waals surface area contributed by atoms with E-state index in [0.29, 0.717) is 5.95 Å². The van der Waals surface area contributed by atoms with Crippen molar-refractivity contribution >= 4 is 28.7 Å². The molecule has 0 saturated carbocycles. The predicted octanol–water partition coefficient (Wildman–Crippen LogP) is 3.07. The van der Waals surface area contributed by atoms with Gasteiger partial charge in [0.05, 0.1) is 11.0 Å². The number of thioether (sulfide) groups is 1. The zero-order chi connectivity index (χ0) is 12.4. The van der Waals surface area contributed by atoms with E-state index in [4.69, 9.17) is 5.73 Å². The van der Waals surface area contributed by atoms with Crippen molar-refractivity contribution in [2.45, 2.75) is 19.9 Å². The van der Waals surface area contributed by atoms with Crippen LogP contribution < -0.4 is 5.73 Å². The number of fused-ring (bicyclic) bond motifs is 1. The van der Waals surface area contributed by atoms with Crippen LogP contribution in [0.1, 0.15) is 19.9 Å². The first-order valence-electron chi connectivity index (χ1n) is 5.64. The van der Waals surface area contributed by atoms with Gasteiger partial charge in [-0.2, -0.15) is 11.8 Å². The predicted molar refractivity (Wildman–Crippen MR) is 71.8 cm³/mol. The average molecular weight is 253 g/mol. The first kappa shape index (κ1) is 12.2. The Morgan fingerprint density at radius 1 is 1.53 bits per heavy atom. The fraction of sp³-hybridized carbons (Fsp3) is 0.417. The lowest BCUT2D eigenvalue weighted by molar-refractivity contribution is 0.619. The summed E-state index contributed by atoms with van der Waals surface area (Å²) in [5.74, 6) is 2.21. The number of anilines is 1. The molecule has 0 radical (unpaired) electrons. The number of rotatable bonds is 4. The Hall–Kier alpha value is -1.23. The Morgan fingerprint density at radius 2 is 2.29 bits per heavy atom. The maximum Gasteiger partial charge on any atom is 0.201 e. The number of aromatic nitrogens is 2. The number of hydrogen-bond donors (Lipinski definition) is 1. The van der Waals surface area contributed by atoms with Crippen LogP contribution in [0.15, 0.2) is 18.2 Å². The van der Waals surface area contributed by atoms with Crippen molar-refractivity contribution in [3.63, 3.8) is 0 Å². The second kappa shape index (κ2) is 4.96. The van der Waals surface area contributed by atoms with Crippen LogP contribution in [-0.4, -0.2) is 21.1 Å². The third-order valence-electron chi connectivity index (χ3n) is 2.68. The summed E-state index contributed by atoms with van der Waals surface area (Å²) in [5, 5.41) is 0. The lowest BCUT2D eigenvalue weighted by atomic mass is 10.3. The SMILES string of the molecule is CCSCC(C)n1c(N)nc2ccc(F)cc21. The van der Waals surface area contributed by atoms with Crippen LogP contribution in [0.4, 0.5) is 10.3 Å². The van der Waals surface area contributed by atoms with Crippen LogP contribution >= 0.6 is 11.8 Å². The second-order valence-corrected chi connectivity index (χ2v) is 5.30. The highest BCUT2D eigenvalue weighted by atomic mass is 32.2. The van der Waals surface area contributed by atoms with Crippen molar-refractivity contribution in [1.82, 2.24) is 9.55 Å². The fourth-order valence-electron chi connectivity index (χ4n) is 1.91. The number of imidazole rings is 1. The van der Waals surface area contributed by atoms with E-state index in [1.54, 1.807) is 6.07 Å². The molecule has 1 unspecified atom stereocenters. The van der Waals surface area contributed by atoms with E-state index in [-0.39, 0.29) is 11.9 Å². The number of nitrogens with two attached hydrogens (primary N) is 1. The first-order valence-corrected chi connectivity index (χ1v) is 6.79. The zero-order valence-electron chi connectivity index (χ0n) is 9.98. The van der Waals surface area contributed by atoms with Gasteiger partial charge in [0.2, 0.25) is 5.95 Å². The molecular formula is C12H16FN3S. The summed E-state index contributed by atoms with van der Waals surface area (Å²) >= 11 is 1.84. The van der Waals surface area contributed by atoms with Gasteiger partial charge in [0, 0.05) is 11.8 Å². The van der Waals surface area contributed by atoms with Gasteiger partial charge >= 0.3 is 0 Å². The zero-order valence-corrected chi connectivity index (χ0v) is 10.8. The Labute approximate surface area is 104 Å². The van der Waals surface area contributed by atoms with E-state index in [1.807, 2.05) is 16.3 Å². The Morgan fingerprint density at radius 3 is 3.00 bits per heavy atom. The average Bonchev–Trinajstić information content (AvgIpc) is 2.61. The van der Waals surface area contributed by atoms with Gasteiger partial charge in [-0.05, 0) is 30.9 Å². The maximum atomic E-state index is 13.3. The van der Waals surface area contributed by atoms with Crippen molar-refractivity contribution in [3.05, 3.63) is 24.0 Å². The molecular weight excluding hydrogens is 237 g/mol. The lowest BCUT2D eigenvalue weighted by Gasteiger charge is -2.15. The lowest BCUT2D eigenvalue weighted by Crippen LogP contribution is -2.11. The van der Waals surface area contributed by atoms with Crippen molar-refractivity contribution < 1.29 is 4.39 Å². The number of nitrogen functional groups attached to an aromatic ring is 1. The first-order chi connectivity index (χ1) is 8.13. The molecule has 0 saturated heterocycles. The van der Waals surface area contributed by atoms with Crippen molar-refractivity contribution in [3.8, 4) is 0 Å². The largest absolute Gasteiger partial charge is 0.369 e. The quantitative estimate of drug-likeness (QED) is 0.910. The third kappa shape index (κ3) is 2.39. The molecule has 0 aliphatic heterocycles. The minimum atomic E-state index is -0.256. The smallest absolute Gasteiger partial charge is 0.201 e. The molecule has 0 fully saturated rings. The summed E-state index contributed by atoms with van der Waals surface area (Å²) in [6, 6.07) is 4.78. The Balaban J connectivity index is 2.44. The van der Waals surface area contributed by atoms with Gasteiger partial charge in [0.25, 0.3) is 0 Å². The molecule has 1 aromatic carbocycles. The molecule has 2 N–H and O–H groups in total. The van der Waals surface area contributed by atoms with Crippen molar-refractivity contribution in [1.29, 1.82) is 0 Å². The molecule has 0 spiro atoms. The van der Waals surface area contributed by atoms with Crippen LogP contribution in [0.25, 0.3) is 11.0 Å². The summed E-state index contributed by atoms with van der Waals surface area (Å²) < 4.78 is 15.2. The molecule has 0 aliphatic rings. The van der Waals surface area contributed by atoms with Gasteiger partial charge in [-0.25, -0.2) is 9.37 Å². The van der Waals surface area contributed by atoms with E-state index in [0.717, 1.165) is 22.5 Å². The molecule has 5 heteroatoms. The van der Waals surface area contributed by atoms with Gasteiger partial charge in [-0.15, -0.1) is 0 Å². The van der Waals surface area contributed by atoms with E-state index in [1.165, 1.54) is 12.1 Å². The summed E-state index contributed by atoms with van der Waals surface area (Å²) in [6.07, 6.45) is 0. The monoisotopic (exact) mass is 253 g/mol. The van der Waals surface area contributed by atoms with Crippen LogP contribution in [0.3, 0.4) is 0 Å². The summed E-state index contributed by atoms with van der Waals surface area (Å²) in [4.78, 5) is 4.25. The molecule has 2 aromatic rings. The highest BCUT2D eigenvalue weighted by Gasteiger charge is 2.14. The number of nitrogens with zero attached hydrogens (tertiary/aromatic N) is 2.